The summed E-state index contributed by atoms with van der Waals surface area (Å²) in [6, 6.07) is 18.1. The van der Waals surface area contributed by atoms with E-state index in [-0.39, 0.29) is 24.2 Å². The minimum Gasteiger partial charge on any atom is -0.496 e. The molecule has 2 aromatic carbocycles. The number of hydrogen-bond acceptors (Lipinski definition) is 6. The molecule has 2 aliphatic heterocycles. The minimum atomic E-state index is -0.520. The van der Waals surface area contributed by atoms with Crippen molar-refractivity contribution in [1.29, 1.82) is 0 Å². The van der Waals surface area contributed by atoms with E-state index < -0.39 is 6.10 Å². The summed E-state index contributed by atoms with van der Waals surface area (Å²) in [5.41, 5.74) is 2.16. The van der Waals surface area contributed by atoms with E-state index in [1.165, 1.54) is 5.56 Å². The molecule has 0 unspecified atom stereocenters. The number of carbonyl (C=O) groups is 1. The van der Waals surface area contributed by atoms with Crippen LogP contribution < -0.4 is 10.1 Å². The number of carbonyl (C=O) groups excluding carboxylic acids is 1. The highest BCUT2D eigenvalue weighted by molar-refractivity contribution is 5.76. The number of amides is 1. The standard InChI is InChI=1S/C26H34N2O5/c1-31-24-10-6-5-9-20(24)14-27-26(30)13-22-11-12-23-25(33-22)18-32-17-21(29)16-28(23)15-19-7-3-2-4-8-19/h2-10,21-23,25,29H,11-18H2,1H3,(H,27,30)/t21-,22+,23+,25-/m0/s1. The fourth-order valence-electron chi connectivity index (χ4n) is 4.77. The van der Waals surface area contributed by atoms with Gasteiger partial charge in [0.25, 0.3) is 0 Å². The van der Waals surface area contributed by atoms with Crippen LogP contribution in [0, 0.1) is 0 Å². The molecule has 2 N–H and O–H groups in total. The molecule has 7 heteroatoms. The van der Waals surface area contributed by atoms with Gasteiger partial charge in [0, 0.05) is 31.2 Å². The van der Waals surface area contributed by atoms with Crippen LogP contribution in [0.1, 0.15) is 30.4 Å². The fraction of sp³-hybridized carbons (Fsp3) is 0.500. The molecule has 2 aliphatic rings. The third-order valence-corrected chi connectivity index (χ3v) is 6.40. The van der Waals surface area contributed by atoms with Crippen LogP contribution in [0.3, 0.4) is 0 Å². The smallest absolute Gasteiger partial charge is 0.222 e. The van der Waals surface area contributed by atoms with Gasteiger partial charge < -0.3 is 24.6 Å². The van der Waals surface area contributed by atoms with Crippen LogP contribution in [0.4, 0.5) is 0 Å². The molecule has 4 atom stereocenters. The van der Waals surface area contributed by atoms with Crippen molar-refractivity contribution in [3.05, 3.63) is 65.7 Å². The Hall–Kier alpha value is -2.45. The summed E-state index contributed by atoms with van der Waals surface area (Å²) in [4.78, 5) is 14.9. The van der Waals surface area contributed by atoms with Crippen molar-refractivity contribution < 1.29 is 24.1 Å². The van der Waals surface area contributed by atoms with Crippen LogP contribution >= 0.6 is 0 Å². The van der Waals surface area contributed by atoms with Crippen molar-refractivity contribution >= 4 is 5.91 Å². The van der Waals surface area contributed by atoms with E-state index in [2.05, 4.69) is 22.3 Å². The van der Waals surface area contributed by atoms with E-state index in [1.807, 2.05) is 42.5 Å². The van der Waals surface area contributed by atoms with Gasteiger partial charge in [-0.2, -0.15) is 0 Å². The zero-order valence-electron chi connectivity index (χ0n) is 19.2. The van der Waals surface area contributed by atoms with Gasteiger partial charge >= 0.3 is 0 Å². The Morgan fingerprint density at radius 2 is 1.91 bits per heavy atom. The number of aliphatic hydroxyl groups is 1. The van der Waals surface area contributed by atoms with Crippen LogP contribution in [-0.2, 0) is 27.4 Å². The van der Waals surface area contributed by atoms with Crippen molar-refractivity contribution in [3.8, 4) is 5.75 Å². The van der Waals surface area contributed by atoms with Crippen molar-refractivity contribution in [2.45, 2.75) is 56.7 Å². The molecule has 178 valence electrons. The topological polar surface area (TPSA) is 80.3 Å². The van der Waals surface area contributed by atoms with Crippen molar-refractivity contribution in [1.82, 2.24) is 10.2 Å². The molecule has 0 aromatic heterocycles. The first kappa shape index (κ1) is 23.7. The Morgan fingerprint density at radius 1 is 1.12 bits per heavy atom. The number of fused-ring (bicyclic) bond motifs is 1. The average Bonchev–Trinajstić information content (AvgIpc) is 2.82. The Morgan fingerprint density at radius 3 is 2.73 bits per heavy atom. The third kappa shape index (κ3) is 6.54. The first-order valence-electron chi connectivity index (χ1n) is 11.7. The number of aliphatic hydroxyl groups excluding tert-OH is 1. The van der Waals surface area contributed by atoms with E-state index in [4.69, 9.17) is 14.2 Å². The lowest BCUT2D eigenvalue weighted by Gasteiger charge is -2.44. The zero-order chi connectivity index (χ0) is 23.0. The largest absolute Gasteiger partial charge is 0.496 e. The maximum atomic E-state index is 12.6. The van der Waals surface area contributed by atoms with E-state index in [9.17, 15) is 9.90 Å². The number of rotatable bonds is 7. The minimum absolute atomic E-state index is 0.0346. The van der Waals surface area contributed by atoms with E-state index in [1.54, 1.807) is 7.11 Å². The number of nitrogens with one attached hydrogen (secondary N) is 1. The third-order valence-electron chi connectivity index (χ3n) is 6.40. The van der Waals surface area contributed by atoms with Crippen LogP contribution in [0.15, 0.2) is 54.6 Å². The number of benzene rings is 2. The predicted molar refractivity (Wildman–Crippen MR) is 125 cm³/mol. The molecular weight excluding hydrogens is 420 g/mol. The highest BCUT2D eigenvalue weighted by Gasteiger charge is 2.38. The summed E-state index contributed by atoms with van der Waals surface area (Å²) < 4.78 is 17.4. The second-order valence-corrected chi connectivity index (χ2v) is 8.84. The van der Waals surface area contributed by atoms with Crippen molar-refractivity contribution in [2.24, 2.45) is 0 Å². The van der Waals surface area contributed by atoms with Crippen LogP contribution in [0.5, 0.6) is 5.75 Å². The highest BCUT2D eigenvalue weighted by Crippen LogP contribution is 2.29. The fourth-order valence-corrected chi connectivity index (χ4v) is 4.77. The first-order valence-corrected chi connectivity index (χ1v) is 11.7. The molecule has 2 heterocycles. The van der Waals surface area contributed by atoms with E-state index >= 15 is 0 Å². The molecular formula is C26H34N2O5. The van der Waals surface area contributed by atoms with Gasteiger partial charge in [0.15, 0.2) is 0 Å². The summed E-state index contributed by atoms with van der Waals surface area (Å²) in [5.74, 6) is 0.731. The van der Waals surface area contributed by atoms with Gasteiger partial charge in [0.2, 0.25) is 5.91 Å². The Balaban J connectivity index is 1.34. The molecule has 0 bridgehead atoms. The first-order chi connectivity index (χ1) is 16.1. The summed E-state index contributed by atoms with van der Waals surface area (Å²) >= 11 is 0. The highest BCUT2D eigenvalue weighted by atomic mass is 16.5. The maximum Gasteiger partial charge on any atom is 0.222 e. The molecule has 33 heavy (non-hydrogen) atoms. The molecule has 1 amide bonds. The van der Waals surface area contributed by atoms with Crippen LogP contribution in [-0.4, -0.2) is 67.1 Å². The molecule has 0 aliphatic carbocycles. The average molecular weight is 455 g/mol. The lowest BCUT2D eigenvalue weighted by Crippen LogP contribution is -2.55. The molecule has 4 rings (SSSR count). The zero-order valence-corrected chi connectivity index (χ0v) is 19.2. The van der Waals surface area contributed by atoms with Gasteiger partial charge in [-0.25, -0.2) is 0 Å². The Kier molecular flexibility index (Phi) is 8.34. The molecule has 0 radical (unpaired) electrons. The van der Waals surface area contributed by atoms with Gasteiger partial charge in [-0.3, -0.25) is 9.69 Å². The monoisotopic (exact) mass is 454 g/mol. The summed E-state index contributed by atoms with van der Waals surface area (Å²) in [6.45, 7) is 2.44. The Labute approximate surface area is 195 Å². The normalized spacial score (nSPS) is 26.0. The number of ether oxygens (including phenoxy) is 3. The number of β-amino-alcohol motifs (C(OH)–C–C–N with tert-alkyl or cyclic N) is 1. The molecule has 0 saturated carbocycles. The summed E-state index contributed by atoms with van der Waals surface area (Å²) in [5, 5.41) is 13.3. The van der Waals surface area contributed by atoms with Gasteiger partial charge in [0.05, 0.1) is 45.1 Å². The quantitative estimate of drug-likeness (QED) is 0.669. The van der Waals surface area contributed by atoms with E-state index in [0.717, 1.165) is 30.7 Å². The molecule has 2 fully saturated rings. The predicted octanol–water partition coefficient (Wildman–Crippen LogP) is 2.51. The van der Waals surface area contributed by atoms with Crippen molar-refractivity contribution in [3.63, 3.8) is 0 Å². The SMILES string of the molecule is COc1ccccc1CNC(=O)C[C@H]1CC[C@@H]2[C@H](COC[C@@H](O)CN2Cc2ccccc2)O1. The van der Waals surface area contributed by atoms with Crippen LogP contribution in [0.2, 0.25) is 0 Å². The number of methoxy groups -OCH3 is 1. The second kappa shape index (κ2) is 11.6. The number of hydrogen-bond donors (Lipinski definition) is 2. The lowest BCUT2D eigenvalue weighted by molar-refractivity contribution is -0.158. The maximum absolute atomic E-state index is 12.6. The summed E-state index contributed by atoms with van der Waals surface area (Å²) in [6.07, 6.45) is 1.23. The van der Waals surface area contributed by atoms with E-state index in [0.29, 0.717) is 32.7 Å². The van der Waals surface area contributed by atoms with Crippen LogP contribution in [0.25, 0.3) is 0 Å². The van der Waals surface area contributed by atoms with Gasteiger partial charge in [-0.05, 0) is 24.5 Å². The van der Waals surface area contributed by atoms with Gasteiger partial charge in [0.1, 0.15) is 5.75 Å². The molecule has 2 aromatic rings. The lowest BCUT2D eigenvalue weighted by atomic mass is 9.94. The molecule has 2 saturated heterocycles. The Bertz CT molecular complexity index is 893. The summed E-state index contributed by atoms with van der Waals surface area (Å²) in [7, 11) is 1.63. The molecule has 0 spiro atoms. The number of para-hydroxylation sites is 1. The van der Waals surface area contributed by atoms with Gasteiger partial charge in [-0.15, -0.1) is 0 Å². The molecule has 7 nitrogen and oxygen atoms in total. The second-order valence-electron chi connectivity index (χ2n) is 8.84. The number of nitrogens with zero attached hydrogens (tertiary/aromatic N) is 1. The van der Waals surface area contributed by atoms with Gasteiger partial charge in [-0.1, -0.05) is 48.5 Å². The van der Waals surface area contributed by atoms with Crippen molar-refractivity contribution in [2.75, 3.05) is 26.9 Å².